The van der Waals surface area contributed by atoms with Gasteiger partial charge in [-0.2, -0.15) is 0 Å². The predicted molar refractivity (Wildman–Crippen MR) is 89.5 cm³/mol. The average molecular weight is 341 g/mol. The molecule has 1 amide bonds. The lowest BCUT2D eigenvalue weighted by molar-refractivity contribution is 0.0786. The van der Waals surface area contributed by atoms with E-state index < -0.39 is 0 Å². The summed E-state index contributed by atoms with van der Waals surface area (Å²) in [5, 5.41) is 4.25. The maximum atomic E-state index is 13.4. The summed E-state index contributed by atoms with van der Waals surface area (Å²) in [6.45, 7) is 5.65. The van der Waals surface area contributed by atoms with Gasteiger partial charge in [0.1, 0.15) is 5.82 Å². The van der Waals surface area contributed by atoms with Gasteiger partial charge in [-0.25, -0.2) is 4.39 Å². The molecule has 0 aliphatic carbocycles. The lowest BCUT2D eigenvalue weighted by Crippen LogP contribution is -2.31. The Kier molecular flexibility index (Phi) is 4.14. The highest BCUT2D eigenvalue weighted by Gasteiger charge is 2.38. The fourth-order valence-corrected chi connectivity index (χ4v) is 4.72. The van der Waals surface area contributed by atoms with E-state index in [9.17, 15) is 9.18 Å². The number of amides is 1. The van der Waals surface area contributed by atoms with Crippen molar-refractivity contribution in [1.29, 1.82) is 0 Å². The third-order valence-electron chi connectivity index (χ3n) is 4.77. The quantitative estimate of drug-likeness (QED) is 0.865. The smallest absolute Gasteiger partial charge is 0.264 e. The van der Waals surface area contributed by atoms with Gasteiger partial charge in [0.2, 0.25) is 0 Å². The Balaban J connectivity index is 0.00000144. The van der Waals surface area contributed by atoms with Gasteiger partial charge < -0.3 is 10.2 Å². The molecule has 4 rings (SSSR count). The minimum atomic E-state index is -0.246. The molecule has 6 heteroatoms. The van der Waals surface area contributed by atoms with Gasteiger partial charge in [0, 0.05) is 30.9 Å². The minimum Gasteiger partial charge on any atom is -0.337 e. The van der Waals surface area contributed by atoms with E-state index in [0.717, 1.165) is 46.7 Å². The van der Waals surface area contributed by atoms with Crippen LogP contribution in [0.2, 0.25) is 0 Å². The van der Waals surface area contributed by atoms with Crippen molar-refractivity contribution in [3.05, 3.63) is 34.5 Å². The molecule has 0 unspecified atom stereocenters. The predicted octanol–water partition coefficient (Wildman–Crippen LogP) is 3.06. The van der Waals surface area contributed by atoms with E-state index in [4.69, 9.17) is 0 Å². The largest absolute Gasteiger partial charge is 0.337 e. The van der Waals surface area contributed by atoms with Gasteiger partial charge in [-0.1, -0.05) is 0 Å². The van der Waals surface area contributed by atoms with E-state index in [1.165, 1.54) is 23.5 Å². The fourth-order valence-electron chi connectivity index (χ4n) is 3.56. The van der Waals surface area contributed by atoms with Crippen LogP contribution in [0.3, 0.4) is 0 Å². The van der Waals surface area contributed by atoms with E-state index in [0.29, 0.717) is 11.8 Å². The highest BCUT2D eigenvalue weighted by Crippen LogP contribution is 2.34. The summed E-state index contributed by atoms with van der Waals surface area (Å²) in [5.74, 6) is 1.06. The average Bonchev–Trinajstić information content (AvgIpc) is 3.12. The number of hydrogen-bond acceptors (Lipinski definition) is 3. The SMILES string of the molecule is Cc1c(C(=O)N2C[C@H]3CNC[C@H]3C2)sc2ccc(F)cc12.Cl. The van der Waals surface area contributed by atoms with Crippen molar-refractivity contribution < 1.29 is 9.18 Å². The number of hydrogen-bond donors (Lipinski definition) is 1. The van der Waals surface area contributed by atoms with E-state index in [1.807, 2.05) is 11.8 Å². The second-order valence-electron chi connectivity index (χ2n) is 6.09. The Morgan fingerprint density at radius 1 is 1.32 bits per heavy atom. The second-order valence-corrected chi connectivity index (χ2v) is 7.14. The summed E-state index contributed by atoms with van der Waals surface area (Å²) in [5.41, 5.74) is 0.912. The van der Waals surface area contributed by atoms with Crippen LogP contribution in [-0.4, -0.2) is 37.0 Å². The zero-order valence-electron chi connectivity index (χ0n) is 12.3. The molecule has 0 bridgehead atoms. The van der Waals surface area contributed by atoms with Crippen molar-refractivity contribution in [2.24, 2.45) is 11.8 Å². The van der Waals surface area contributed by atoms with E-state index in [-0.39, 0.29) is 24.1 Å². The zero-order chi connectivity index (χ0) is 14.6. The van der Waals surface area contributed by atoms with Crippen LogP contribution in [0.15, 0.2) is 18.2 Å². The molecule has 118 valence electrons. The highest BCUT2D eigenvalue weighted by molar-refractivity contribution is 7.21. The minimum absolute atomic E-state index is 0. The van der Waals surface area contributed by atoms with Crippen LogP contribution in [0.5, 0.6) is 0 Å². The van der Waals surface area contributed by atoms with Crippen LogP contribution in [0.1, 0.15) is 15.2 Å². The van der Waals surface area contributed by atoms with Crippen LogP contribution < -0.4 is 5.32 Å². The van der Waals surface area contributed by atoms with Crippen molar-refractivity contribution in [1.82, 2.24) is 10.2 Å². The summed E-state index contributed by atoms with van der Waals surface area (Å²) < 4.78 is 14.4. The van der Waals surface area contributed by atoms with Gasteiger partial charge in [0.05, 0.1) is 4.88 Å². The Hall–Kier alpha value is -1.17. The Labute approximate surface area is 138 Å². The first-order chi connectivity index (χ1) is 10.1. The molecule has 0 saturated carbocycles. The summed E-state index contributed by atoms with van der Waals surface area (Å²) >= 11 is 1.48. The number of benzene rings is 1. The number of nitrogens with one attached hydrogen (secondary N) is 1. The summed E-state index contributed by atoms with van der Waals surface area (Å²) in [6.07, 6.45) is 0. The number of thiophene rings is 1. The normalized spacial score (nSPS) is 23.6. The lowest BCUT2D eigenvalue weighted by Gasteiger charge is -2.17. The Bertz CT molecular complexity index is 720. The molecular weight excluding hydrogens is 323 g/mol. The molecule has 3 nitrogen and oxygen atoms in total. The van der Waals surface area contributed by atoms with E-state index >= 15 is 0 Å². The van der Waals surface area contributed by atoms with Gasteiger partial charge in [-0.3, -0.25) is 4.79 Å². The van der Waals surface area contributed by atoms with Crippen LogP contribution in [0.25, 0.3) is 10.1 Å². The molecule has 2 aromatic rings. The van der Waals surface area contributed by atoms with Gasteiger partial charge >= 0.3 is 0 Å². The molecule has 1 N–H and O–H groups in total. The molecule has 2 fully saturated rings. The van der Waals surface area contributed by atoms with E-state index in [2.05, 4.69) is 5.32 Å². The van der Waals surface area contributed by atoms with Crippen molar-refractivity contribution in [2.75, 3.05) is 26.2 Å². The van der Waals surface area contributed by atoms with Crippen molar-refractivity contribution >= 4 is 39.7 Å². The Morgan fingerprint density at radius 2 is 2.00 bits per heavy atom. The molecule has 2 aliphatic heterocycles. The third-order valence-corrected chi connectivity index (χ3v) is 6.03. The van der Waals surface area contributed by atoms with Gasteiger partial charge in [0.25, 0.3) is 5.91 Å². The van der Waals surface area contributed by atoms with E-state index in [1.54, 1.807) is 6.07 Å². The molecule has 2 aliphatic rings. The number of rotatable bonds is 1. The van der Waals surface area contributed by atoms with Crippen molar-refractivity contribution in [3.8, 4) is 0 Å². The number of carbonyl (C=O) groups is 1. The summed E-state index contributed by atoms with van der Waals surface area (Å²) in [6, 6.07) is 4.75. The van der Waals surface area contributed by atoms with Crippen molar-refractivity contribution in [2.45, 2.75) is 6.92 Å². The molecule has 2 atom stereocenters. The maximum Gasteiger partial charge on any atom is 0.264 e. The number of likely N-dealkylation sites (tertiary alicyclic amines) is 1. The number of nitrogens with zero attached hydrogens (tertiary/aromatic N) is 1. The molecule has 1 aromatic heterocycles. The second kappa shape index (κ2) is 5.80. The first kappa shape index (κ1) is 15.7. The van der Waals surface area contributed by atoms with Crippen molar-refractivity contribution in [3.63, 3.8) is 0 Å². The molecule has 22 heavy (non-hydrogen) atoms. The Morgan fingerprint density at radius 3 is 2.68 bits per heavy atom. The molecule has 0 spiro atoms. The zero-order valence-corrected chi connectivity index (χ0v) is 13.9. The fraction of sp³-hybridized carbons (Fsp3) is 0.438. The molecule has 1 aromatic carbocycles. The van der Waals surface area contributed by atoms with Crippen LogP contribution in [-0.2, 0) is 0 Å². The summed E-state index contributed by atoms with van der Waals surface area (Å²) in [7, 11) is 0. The standard InChI is InChI=1S/C16H17FN2OS.ClH/c1-9-13-4-12(17)2-3-14(13)21-15(9)16(20)19-7-10-5-18-6-11(10)8-19;/h2-4,10-11,18H,5-8H2,1H3;1H/t10-,11+;. The first-order valence-electron chi connectivity index (χ1n) is 7.32. The lowest BCUT2D eigenvalue weighted by atomic mass is 10.0. The third kappa shape index (κ3) is 2.41. The monoisotopic (exact) mass is 340 g/mol. The molecule has 0 radical (unpaired) electrons. The topological polar surface area (TPSA) is 32.3 Å². The molecule has 3 heterocycles. The highest BCUT2D eigenvalue weighted by atomic mass is 35.5. The van der Waals surface area contributed by atoms with Crippen LogP contribution >= 0.6 is 23.7 Å². The van der Waals surface area contributed by atoms with Crippen LogP contribution in [0.4, 0.5) is 4.39 Å². The summed E-state index contributed by atoms with van der Waals surface area (Å²) in [4.78, 5) is 15.5. The maximum absolute atomic E-state index is 13.4. The number of carbonyl (C=O) groups excluding carboxylic acids is 1. The first-order valence-corrected chi connectivity index (χ1v) is 8.14. The molecular formula is C16H18ClFN2OS. The van der Waals surface area contributed by atoms with Gasteiger partial charge in [-0.05, 0) is 47.9 Å². The molecule has 2 saturated heterocycles. The van der Waals surface area contributed by atoms with Gasteiger partial charge in [-0.15, -0.1) is 23.7 Å². The van der Waals surface area contributed by atoms with Gasteiger partial charge in [0.15, 0.2) is 0 Å². The number of halogens is 2. The van der Waals surface area contributed by atoms with Crippen LogP contribution in [0, 0.1) is 24.6 Å². The number of fused-ring (bicyclic) bond motifs is 2. The number of aryl methyl sites for hydroxylation is 1.